The fourth-order valence-corrected chi connectivity index (χ4v) is 2.74. The molecule has 2 aliphatic rings. The number of rotatable bonds is 5. The molecule has 136 valence electrons. The zero-order valence-electron chi connectivity index (χ0n) is 14.3. The normalized spacial score (nSPS) is 31.9. The van der Waals surface area contributed by atoms with E-state index in [1.54, 1.807) is 13.8 Å². The summed E-state index contributed by atoms with van der Waals surface area (Å²) in [6, 6.07) is 0. The van der Waals surface area contributed by atoms with Crippen LogP contribution in [-0.4, -0.2) is 61.0 Å². The fraction of sp³-hybridized carbons (Fsp3) is 0.800. The summed E-state index contributed by atoms with van der Waals surface area (Å²) in [6.07, 6.45) is -4.18. The van der Waals surface area contributed by atoms with Crippen molar-refractivity contribution in [2.45, 2.75) is 71.1 Å². The number of hydrogen-bond acceptors (Lipinski definition) is 9. The molecule has 5 atom stereocenters. The van der Waals surface area contributed by atoms with Gasteiger partial charge in [-0.3, -0.25) is 14.4 Å². The predicted molar refractivity (Wildman–Crippen MR) is 76.4 cm³/mol. The summed E-state index contributed by atoms with van der Waals surface area (Å²) >= 11 is 0. The van der Waals surface area contributed by atoms with Crippen molar-refractivity contribution in [3.8, 4) is 0 Å². The van der Waals surface area contributed by atoms with Crippen LogP contribution >= 0.6 is 0 Å². The van der Waals surface area contributed by atoms with E-state index in [9.17, 15) is 14.4 Å². The number of fused-ring (bicyclic) bond motifs is 1. The molecule has 0 radical (unpaired) electrons. The van der Waals surface area contributed by atoms with Gasteiger partial charge in [-0.2, -0.15) is 0 Å². The Morgan fingerprint density at radius 1 is 1.04 bits per heavy atom. The first-order valence-electron chi connectivity index (χ1n) is 7.58. The van der Waals surface area contributed by atoms with Crippen molar-refractivity contribution in [1.82, 2.24) is 0 Å². The van der Waals surface area contributed by atoms with Crippen LogP contribution in [0.4, 0.5) is 0 Å². The number of carbonyl (C=O) groups excluding carboxylic acids is 3. The molecule has 2 saturated heterocycles. The summed E-state index contributed by atoms with van der Waals surface area (Å²) in [7, 11) is 0. The minimum atomic E-state index is -0.961. The monoisotopic (exact) mass is 346 g/mol. The molecular formula is C15H22O9. The van der Waals surface area contributed by atoms with E-state index < -0.39 is 54.4 Å². The molecule has 2 fully saturated rings. The summed E-state index contributed by atoms with van der Waals surface area (Å²) in [5.74, 6) is -2.57. The first-order chi connectivity index (χ1) is 11.1. The molecule has 0 N–H and O–H groups in total. The Labute approximate surface area is 139 Å². The second kappa shape index (κ2) is 7.04. The lowest BCUT2D eigenvalue weighted by Gasteiger charge is -2.29. The van der Waals surface area contributed by atoms with Gasteiger partial charge in [0.25, 0.3) is 0 Å². The lowest BCUT2D eigenvalue weighted by molar-refractivity contribution is -0.234. The van der Waals surface area contributed by atoms with E-state index in [1.165, 1.54) is 20.8 Å². The molecule has 24 heavy (non-hydrogen) atoms. The third kappa shape index (κ3) is 4.43. The molecule has 0 amide bonds. The van der Waals surface area contributed by atoms with Crippen molar-refractivity contribution in [3.63, 3.8) is 0 Å². The largest absolute Gasteiger partial charge is 0.462 e. The highest BCUT2D eigenvalue weighted by Crippen LogP contribution is 2.40. The van der Waals surface area contributed by atoms with Crippen LogP contribution in [-0.2, 0) is 42.8 Å². The molecule has 2 aliphatic heterocycles. The highest BCUT2D eigenvalue weighted by atomic mass is 16.8. The maximum atomic E-state index is 11.4. The van der Waals surface area contributed by atoms with Crippen LogP contribution in [0.15, 0.2) is 0 Å². The maximum Gasteiger partial charge on any atom is 0.303 e. The van der Waals surface area contributed by atoms with Crippen molar-refractivity contribution in [2.75, 3.05) is 6.61 Å². The standard InChI is InChI=1S/C15H22O9/c1-7(16)19-6-10(20-8(2)17)11-12(21-9(3)18)13-14(22-11)24-15(4,5)23-13/h10-14H,6H2,1-5H3/t10-,11?,12-,13+,14+/m0/s1. The number of ether oxygens (including phenoxy) is 6. The third-order valence-corrected chi connectivity index (χ3v) is 3.46. The number of carbonyl (C=O) groups is 3. The molecule has 2 rings (SSSR count). The predicted octanol–water partition coefficient (Wildman–Crippen LogP) is 0.289. The molecule has 9 nitrogen and oxygen atoms in total. The Hall–Kier alpha value is -1.71. The topological polar surface area (TPSA) is 107 Å². The molecule has 0 aromatic heterocycles. The van der Waals surface area contributed by atoms with Gasteiger partial charge < -0.3 is 28.4 Å². The molecule has 9 heteroatoms. The zero-order chi connectivity index (χ0) is 18.1. The fourth-order valence-electron chi connectivity index (χ4n) is 2.74. The van der Waals surface area contributed by atoms with Crippen LogP contribution in [0.1, 0.15) is 34.6 Å². The Morgan fingerprint density at radius 2 is 1.71 bits per heavy atom. The van der Waals surface area contributed by atoms with Crippen LogP contribution < -0.4 is 0 Å². The van der Waals surface area contributed by atoms with E-state index in [0.717, 1.165) is 0 Å². The maximum absolute atomic E-state index is 11.4. The second-order valence-corrected chi connectivity index (χ2v) is 6.09. The molecule has 0 aliphatic carbocycles. The van der Waals surface area contributed by atoms with Gasteiger partial charge in [0.2, 0.25) is 0 Å². The van der Waals surface area contributed by atoms with Gasteiger partial charge in [-0.15, -0.1) is 0 Å². The Morgan fingerprint density at radius 3 is 2.25 bits per heavy atom. The van der Waals surface area contributed by atoms with Gasteiger partial charge >= 0.3 is 17.9 Å². The average Bonchev–Trinajstić information content (AvgIpc) is 2.87. The van der Waals surface area contributed by atoms with Crippen molar-refractivity contribution in [2.24, 2.45) is 0 Å². The molecule has 2 heterocycles. The Bertz CT molecular complexity index is 515. The summed E-state index contributed by atoms with van der Waals surface area (Å²) in [5.41, 5.74) is 0. The quantitative estimate of drug-likeness (QED) is 0.513. The van der Waals surface area contributed by atoms with E-state index in [0.29, 0.717) is 0 Å². The van der Waals surface area contributed by atoms with Gasteiger partial charge in [-0.25, -0.2) is 0 Å². The lowest BCUT2D eigenvalue weighted by atomic mass is 10.1. The summed E-state index contributed by atoms with van der Waals surface area (Å²) in [4.78, 5) is 33.8. The molecule has 0 spiro atoms. The van der Waals surface area contributed by atoms with E-state index >= 15 is 0 Å². The van der Waals surface area contributed by atoms with Gasteiger partial charge in [0.15, 0.2) is 30.4 Å². The van der Waals surface area contributed by atoms with Gasteiger partial charge in [0.05, 0.1) is 0 Å². The SMILES string of the molecule is CC(=O)OC[C@H](OC(C)=O)C1O[C@@H]2OC(C)(C)O[C@@H]2[C@H]1OC(C)=O. The smallest absolute Gasteiger partial charge is 0.303 e. The lowest BCUT2D eigenvalue weighted by Crippen LogP contribution is -2.47. The van der Waals surface area contributed by atoms with Crippen molar-refractivity contribution in [1.29, 1.82) is 0 Å². The van der Waals surface area contributed by atoms with Crippen LogP contribution in [0.2, 0.25) is 0 Å². The Kier molecular flexibility index (Phi) is 5.46. The molecule has 0 saturated carbocycles. The average molecular weight is 346 g/mol. The summed E-state index contributed by atoms with van der Waals surface area (Å²) in [5, 5.41) is 0. The molecular weight excluding hydrogens is 324 g/mol. The van der Waals surface area contributed by atoms with Gasteiger partial charge in [-0.05, 0) is 13.8 Å². The van der Waals surface area contributed by atoms with E-state index in [-0.39, 0.29) is 6.61 Å². The van der Waals surface area contributed by atoms with Crippen molar-refractivity contribution >= 4 is 17.9 Å². The van der Waals surface area contributed by atoms with Crippen LogP contribution in [0.3, 0.4) is 0 Å². The Balaban J connectivity index is 2.19. The van der Waals surface area contributed by atoms with Gasteiger partial charge in [0, 0.05) is 20.8 Å². The molecule has 0 bridgehead atoms. The van der Waals surface area contributed by atoms with Crippen molar-refractivity contribution < 1.29 is 42.8 Å². The van der Waals surface area contributed by atoms with Crippen LogP contribution in [0.25, 0.3) is 0 Å². The first-order valence-corrected chi connectivity index (χ1v) is 7.58. The van der Waals surface area contributed by atoms with Crippen molar-refractivity contribution in [3.05, 3.63) is 0 Å². The highest BCUT2D eigenvalue weighted by molar-refractivity contribution is 5.67. The zero-order valence-corrected chi connectivity index (χ0v) is 14.3. The highest BCUT2D eigenvalue weighted by Gasteiger charge is 2.59. The second-order valence-electron chi connectivity index (χ2n) is 6.09. The summed E-state index contributed by atoms with van der Waals surface area (Å²) in [6.45, 7) is 6.87. The third-order valence-electron chi connectivity index (χ3n) is 3.46. The molecule has 1 unspecified atom stereocenters. The van der Waals surface area contributed by atoms with Crippen LogP contribution in [0, 0.1) is 0 Å². The molecule has 0 aromatic carbocycles. The minimum absolute atomic E-state index is 0.236. The van der Waals surface area contributed by atoms with Gasteiger partial charge in [0.1, 0.15) is 12.7 Å². The minimum Gasteiger partial charge on any atom is -0.462 e. The number of esters is 3. The number of hydrogen-bond donors (Lipinski definition) is 0. The van der Waals surface area contributed by atoms with E-state index in [2.05, 4.69) is 0 Å². The van der Waals surface area contributed by atoms with Gasteiger partial charge in [-0.1, -0.05) is 0 Å². The van der Waals surface area contributed by atoms with E-state index in [1.807, 2.05) is 0 Å². The van der Waals surface area contributed by atoms with Crippen LogP contribution in [0.5, 0.6) is 0 Å². The first kappa shape index (κ1) is 18.6. The van der Waals surface area contributed by atoms with E-state index in [4.69, 9.17) is 28.4 Å². The molecule has 0 aromatic rings. The summed E-state index contributed by atoms with van der Waals surface area (Å²) < 4.78 is 32.5.